The lowest BCUT2D eigenvalue weighted by molar-refractivity contribution is 0.0939. The van der Waals surface area contributed by atoms with Gasteiger partial charge in [-0.2, -0.15) is 0 Å². The fourth-order valence-corrected chi connectivity index (χ4v) is 5.85. The minimum Gasteiger partial charge on any atom is -0.495 e. The van der Waals surface area contributed by atoms with E-state index in [-0.39, 0.29) is 11.8 Å². The average Bonchev–Trinajstić information content (AvgIpc) is 3.49. The third-order valence-corrected chi connectivity index (χ3v) is 7.75. The molecule has 1 unspecified atom stereocenters. The van der Waals surface area contributed by atoms with Crippen LogP contribution in [0, 0.1) is 5.92 Å². The predicted molar refractivity (Wildman–Crippen MR) is 140 cm³/mol. The van der Waals surface area contributed by atoms with Crippen molar-refractivity contribution in [1.82, 2.24) is 20.2 Å². The van der Waals surface area contributed by atoms with Gasteiger partial charge in [0, 0.05) is 47.4 Å². The van der Waals surface area contributed by atoms with Crippen LogP contribution in [0.3, 0.4) is 0 Å². The summed E-state index contributed by atoms with van der Waals surface area (Å²) in [4.78, 5) is 23.8. The highest BCUT2D eigenvalue weighted by atomic mass is 35.5. The number of H-pyrrole nitrogens is 1. The third kappa shape index (κ3) is 4.29. The van der Waals surface area contributed by atoms with Gasteiger partial charge in [-0.05, 0) is 56.6 Å². The molecule has 188 valence electrons. The van der Waals surface area contributed by atoms with Gasteiger partial charge in [0.2, 0.25) is 0 Å². The molecule has 9 heteroatoms. The zero-order chi connectivity index (χ0) is 24.6. The summed E-state index contributed by atoms with van der Waals surface area (Å²) < 4.78 is 11.9. The molecule has 8 nitrogen and oxygen atoms in total. The number of carbonyl (C=O) groups excluding carboxylic acids is 1. The number of pyridine rings is 1. The Morgan fingerprint density at radius 1 is 1.25 bits per heavy atom. The van der Waals surface area contributed by atoms with E-state index in [0.717, 1.165) is 55.8 Å². The predicted octanol–water partition coefficient (Wildman–Crippen LogP) is 4.80. The second-order valence-corrected chi connectivity index (χ2v) is 10.3. The fourth-order valence-electron chi connectivity index (χ4n) is 5.68. The monoisotopic (exact) mass is 507 g/mol. The van der Waals surface area contributed by atoms with Crippen molar-refractivity contribution in [2.24, 2.45) is 5.92 Å². The second-order valence-electron chi connectivity index (χ2n) is 9.82. The van der Waals surface area contributed by atoms with E-state index in [4.69, 9.17) is 21.1 Å². The van der Waals surface area contributed by atoms with Crippen LogP contribution in [-0.4, -0.2) is 60.7 Å². The van der Waals surface area contributed by atoms with Crippen molar-refractivity contribution in [3.8, 4) is 22.8 Å². The molecule has 0 spiro atoms. The molecule has 0 aliphatic carbocycles. The number of hydrogen-bond donors (Lipinski definition) is 3. The van der Waals surface area contributed by atoms with Crippen LogP contribution in [0.25, 0.3) is 11.3 Å². The molecule has 5 heterocycles. The quantitative estimate of drug-likeness (QED) is 0.471. The molecule has 1 amide bonds. The Balaban J connectivity index is 1.51. The maximum Gasteiger partial charge on any atom is 0.255 e. The number of aromatic amines is 1. The van der Waals surface area contributed by atoms with Gasteiger partial charge in [0.25, 0.3) is 5.91 Å². The van der Waals surface area contributed by atoms with Gasteiger partial charge in [-0.1, -0.05) is 11.6 Å². The van der Waals surface area contributed by atoms with E-state index in [1.807, 2.05) is 12.1 Å². The van der Waals surface area contributed by atoms with E-state index >= 15 is 0 Å². The molecule has 1 fully saturated rings. The van der Waals surface area contributed by atoms with Gasteiger partial charge in [-0.25, -0.2) is 0 Å². The van der Waals surface area contributed by atoms with Gasteiger partial charge in [-0.3, -0.25) is 9.78 Å². The van der Waals surface area contributed by atoms with Crippen LogP contribution < -0.4 is 20.1 Å². The summed E-state index contributed by atoms with van der Waals surface area (Å²) in [6.07, 6.45) is 6.73. The zero-order valence-electron chi connectivity index (χ0n) is 20.3. The lowest BCUT2D eigenvalue weighted by Crippen LogP contribution is -2.35. The Labute approximate surface area is 215 Å². The van der Waals surface area contributed by atoms with E-state index in [2.05, 4.69) is 25.5 Å². The Bertz CT molecular complexity index is 1290. The summed E-state index contributed by atoms with van der Waals surface area (Å²) in [7, 11) is 1.62. The number of ether oxygens (including phenoxy) is 2. The first-order chi connectivity index (χ1) is 17.6. The van der Waals surface area contributed by atoms with Crippen LogP contribution >= 0.6 is 11.6 Å². The molecule has 6 rings (SSSR count). The van der Waals surface area contributed by atoms with Crippen LogP contribution in [0.15, 0.2) is 36.7 Å². The first kappa shape index (κ1) is 23.2. The van der Waals surface area contributed by atoms with Gasteiger partial charge in [0.15, 0.2) is 0 Å². The number of nitrogens with zero attached hydrogens (tertiary/aromatic N) is 2. The van der Waals surface area contributed by atoms with E-state index in [9.17, 15) is 4.79 Å². The summed E-state index contributed by atoms with van der Waals surface area (Å²) >= 11 is 6.33. The molecule has 1 saturated heterocycles. The Hall–Kier alpha value is -3.23. The number of hydrogen-bond acceptors (Lipinski definition) is 6. The van der Waals surface area contributed by atoms with Crippen molar-refractivity contribution in [1.29, 1.82) is 0 Å². The minimum absolute atomic E-state index is 0.101. The molecule has 1 aromatic carbocycles. The number of anilines is 2. The van der Waals surface area contributed by atoms with Crippen LogP contribution in [0.5, 0.6) is 11.5 Å². The lowest BCUT2D eigenvalue weighted by Gasteiger charge is -2.25. The molecule has 3 atom stereocenters. The van der Waals surface area contributed by atoms with Gasteiger partial charge >= 0.3 is 0 Å². The standard InChI is InChI=1S/C27H30ClN5O3/c1-35-21-5-4-18(28)11-20(21)31-26-23-24-17(12-30-27(23)34)3-2-9-33-10-7-16(14-33)15-36-22-13-29-8-6-19(22)25(26)32-24/h4-6,8,11,13,16-17,31-32H,2-3,7,9-10,12,14-15H2,1H3,(H,30,34)/t16-,17-/m1/s1. The highest BCUT2D eigenvalue weighted by Crippen LogP contribution is 2.44. The number of carbonyl (C=O) groups is 1. The van der Waals surface area contributed by atoms with Crippen molar-refractivity contribution in [2.75, 3.05) is 45.2 Å². The average molecular weight is 508 g/mol. The highest BCUT2D eigenvalue weighted by Gasteiger charge is 2.34. The van der Waals surface area contributed by atoms with E-state index < -0.39 is 0 Å². The van der Waals surface area contributed by atoms with Crippen molar-refractivity contribution in [3.05, 3.63) is 52.9 Å². The smallest absolute Gasteiger partial charge is 0.255 e. The number of rotatable bonds is 3. The van der Waals surface area contributed by atoms with E-state index in [1.54, 1.807) is 31.6 Å². The Morgan fingerprint density at radius 3 is 3.06 bits per heavy atom. The number of methoxy groups -OCH3 is 1. The molecule has 3 aromatic rings. The second kappa shape index (κ2) is 9.67. The fraction of sp³-hybridized carbons (Fsp3) is 0.407. The van der Waals surface area contributed by atoms with Crippen molar-refractivity contribution in [3.63, 3.8) is 0 Å². The number of halogens is 1. The highest BCUT2D eigenvalue weighted by molar-refractivity contribution is 6.31. The first-order valence-corrected chi connectivity index (χ1v) is 12.9. The number of amides is 1. The van der Waals surface area contributed by atoms with Crippen LogP contribution in [0.1, 0.15) is 41.2 Å². The van der Waals surface area contributed by atoms with Crippen molar-refractivity contribution in [2.45, 2.75) is 25.2 Å². The van der Waals surface area contributed by atoms with E-state index in [0.29, 0.717) is 52.5 Å². The molecule has 36 heavy (non-hydrogen) atoms. The van der Waals surface area contributed by atoms with E-state index in [1.165, 1.54) is 0 Å². The SMILES string of the molecule is COc1ccc(Cl)cc1Nc1c2[nH]c3c1C(=O)NC[C@H]3CCCN1CC[C@@H](COc3cnccc3-2)C1. The van der Waals surface area contributed by atoms with Gasteiger partial charge in [0.05, 0.1) is 42.5 Å². The first-order valence-electron chi connectivity index (χ1n) is 12.5. The van der Waals surface area contributed by atoms with Crippen LogP contribution in [0.4, 0.5) is 11.4 Å². The molecule has 0 radical (unpaired) electrons. The van der Waals surface area contributed by atoms with Crippen molar-refractivity contribution >= 4 is 28.9 Å². The topological polar surface area (TPSA) is 91.5 Å². The number of fused-ring (bicyclic) bond motifs is 5. The molecule has 3 N–H and O–H groups in total. The number of aromatic nitrogens is 2. The summed E-state index contributed by atoms with van der Waals surface area (Å²) in [5.74, 6) is 1.93. The summed E-state index contributed by atoms with van der Waals surface area (Å²) in [6, 6.07) is 7.33. The van der Waals surface area contributed by atoms with Crippen molar-refractivity contribution < 1.29 is 14.3 Å². The molecule has 0 saturated carbocycles. The third-order valence-electron chi connectivity index (χ3n) is 7.52. The molecule has 2 aromatic heterocycles. The minimum atomic E-state index is -0.101. The maximum absolute atomic E-state index is 13.3. The molecular formula is C27H30ClN5O3. The zero-order valence-corrected chi connectivity index (χ0v) is 21.0. The summed E-state index contributed by atoms with van der Waals surface area (Å²) in [5, 5.41) is 7.18. The number of benzene rings is 1. The van der Waals surface area contributed by atoms with Crippen LogP contribution in [0.2, 0.25) is 5.02 Å². The summed E-state index contributed by atoms with van der Waals surface area (Å²) in [6.45, 7) is 4.50. The maximum atomic E-state index is 13.3. The molecule has 3 aliphatic heterocycles. The van der Waals surface area contributed by atoms with Gasteiger partial charge in [0.1, 0.15) is 11.5 Å². The molecule has 3 aliphatic rings. The molecular weight excluding hydrogens is 478 g/mol. The lowest BCUT2D eigenvalue weighted by atomic mass is 9.92. The van der Waals surface area contributed by atoms with Gasteiger partial charge < -0.3 is 30.0 Å². The largest absolute Gasteiger partial charge is 0.495 e. The summed E-state index contributed by atoms with van der Waals surface area (Å²) in [5.41, 5.74) is 4.61. The van der Waals surface area contributed by atoms with Crippen LogP contribution in [-0.2, 0) is 0 Å². The Morgan fingerprint density at radius 2 is 2.17 bits per heavy atom. The normalized spacial score (nSPS) is 23.2. The number of nitrogens with one attached hydrogen (secondary N) is 3. The Kier molecular flexibility index (Phi) is 6.23. The van der Waals surface area contributed by atoms with Gasteiger partial charge in [-0.15, -0.1) is 0 Å². The molecule has 4 bridgehead atoms.